The quantitative estimate of drug-likeness (QED) is 0.831. The van der Waals surface area contributed by atoms with Crippen LogP contribution in [0.4, 0.5) is 5.82 Å². The van der Waals surface area contributed by atoms with Gasteiger partial charge in [0.05, 0.1) is 5.39 Å². The van der Waals surface area contributed by atoms with Crippen molar-refractivity contribution >= 4 is 16.9 Å². The van der Waals surface area contributed by atoms with Crippen LogP contribution in [0.5, 0.6) is 0 Å². The molecule has 21 heavy (non-hydrogen) atoms. The third kappa shape index (κ3) is 3.35. The lowest BCUT2D eigenvalue weighted by atomic mass is 10.2. The van der Waals surface area contributed by atoms with Crippen molar-refractivity contribution in [2.24, 2.45) is 5.92 Å². The van der Waals surface area contributed by atoms with E-state index in [9.17, 15) is 0 Å². The average molecular weight is 290 g/mol. The summed E-state index contributed by atoms with van der Waals surface area (Å²) in [4.78, 5) is 8.85. The zero-order valence-corrected chi connectivity index (χ0v) is 13.7. The SMILES string of the molecule is Cc1nc(N)c2c(C)c(C)n(CCCOCC(C)C)c2n1. The first-order chi connectivity index (χ1) is 9.91. The Bertz CT molecular complexity index is 631. The predicted octanol–water partition coefficient (Wildman–Crippen LogP) is 3.00. The highest BCUT2D eigenvalue weighted by molar-refractivity contribution is 5.91. The van der Waals surface area contributed by atoms with E-state index in [2.05, 4.69) is 42.2 Å². The van der Waals surface area contributed by atoms with Crippen LogP contribution in [0, 0.1) is 26.7 Å². The van der Waals surface area contributed by atoms with Gasteiger partial charge in [-0.25, -0.2) is 9.97 Å². The number of nitrogens with zero attached hydrogens (tertiary/aromatic N) is 3. The lowest BCUT2D eigenvalue weighted by Crippen LogP contribution is -2.08. The fourth-order valence-electron chi connectivity index (χ4n) is 2.59. The molecule has 2 aromatic rings. The summed E-state index contributed by atoms with van der Waals surface area (Å²) in [6.45, 7) is 12.9. The number of aryl methyl sites for hydroxylation is 3. The standard InChI is InChI=1S/C16H26N4O/c1-10(2)9-21-8-6-7-20-12(4)11(3)14-15(17)18-13(5)19-16(14)20/h10H,6-9H2,1-5H3,(H2,17,18,19). The minimum atomic E-state index is 0.577. The van der Waals surface area contributed by atoms with E-state index >= 15 is 0 Å². The second-order valence-corrected chi connectivity index (χ2v) is 6.04. The van der Waals surface area contributed by atoms with Gasteiger partial charge in [-0.3, -0.25) is 0 Å². The van der Waals surface area contributed by atoms with Gasteiger partial charge < -0.3 is 15.0 Å². The zero-order chi connectivity index (χ0) is 15.6. The molecule has 0 atom stereocenters. The van der Waals surface area contributed by atoms with Gasteiger partial charge in [0, 0.05) is 25.5 Å². The van der Waals surface area contributed by atoms with Crippen molar-refractivity contribution in [2.75, 3.05) is 18.9 Å². The minimum Gasteiger partial charge on any atom is -0.383 e. The van der Waals surface area contributed by atoms with E-state index in [0.29, 0.717) is 11.7 Å². The zero-order valence-electron chi connectivity index (χ0n) is 13.7. The van der Waals surface area contributed by atoms with E-state index < -0.39 is 0 Å². The molecule has 0 saturated carbocycles. The number of anilines is 1. The summed E-state index contributed by atoms with van der Waals surface area (Å²) in [5, 5.41) is 0.987. The molecule has 2 N–H and O–H groups in total. The molecule has 0 amide bonds. The van der Waals surface area contributed by atoms with Gasteiger partial charge in [-0.05, 0) is 38.7 Å². The molecule has 2 heterocycles. The normalized spacial score (nSPS) is 11.7. The summed E-state index contributed by atoms with van der Waals surface area (Å²) < 4.78 is 7.88. The molecular formula is C16H26N4O. The van der Waals surface area contributed by atoms with Crippen LogP contribution in [0.3, 0.4) is 0 Å². The molecule has 2 rings (SSSR count). The molecule has 0 spiro atoms. The lowest BCUT2D eigenvalue weighted by Gasteiger charge is -2.10. The Hall–Kier alpha value is -1.62. The molecule has 0 saturated heterocycles. The van der Waals surface area contributed by atoms with Gasteiger partial charge in [0.1, 0.15) is 17.3 Å². The summed E-state index contributed by atoms with van der Waals surface area (Å²) in [5.74, 6) is 1.87. The molecule has 5 heteroatoms. The molecule has 0 radical (unpaired) electrons. The minimum absolute atomic E-state index is 0.577. The molecule has 0 aliphatic heterocycles. The van der Waals surface area contributed by atoms with Crippen molar-refractivity contribution in [3.05, 3.63) is 17.1 Å². The van der Waals surface area contributed by atoms with Crippen molar-refractivity contribution in [3.63, 3.8) is 0 Å². The number of nitrogen functional groups attached to an aromatic ring is 1. The van der Waals surface area contributed by atoms with Crippen LogP contribution in [0.15, 0.2) is 0 Å². The molecule has 0 fully saturated rings. The Morgan fingerprint density at radius 3 is 2.57 bits per heavy atom. The van der Waals surface area contributed by atoms with Crippen LogP contribution >= 0.6 is 0 Å². The molecule has 0 aliphatic rings. The number of ether oxygens (including phenoxy) is 1. The van der Waals surface area contributed by atoms with Gasteiger partial charge >= 0.3 is 0 Å². The summed E-state index contributed by atoms with van der Waals surface area (Å²) >= 11 is 0. The molecule has 0 unspecified atom stereocenters. The summed E-state index contributed by atoms with van der Waals surface area (Å²) in [6.07, 6.45) is 0.972. The monoisotopic (exact) mass is 290 g/mol. The van der Waals surface area contributed by atoms with Crippen molar-refractivity contribution in [3.8, 4) is 0 Å². The Balaban J connectivity index is 2.18. The highest BCUT2D eigenvalue weighted by Gasteiger charge is 2.15. The van der Waals surface area contributed by atoms with E-state index in [1.54, 1.807) is 0 Å². The topological polar surface area (TPSA) is 66.0 Å². The molecule has 0 bridgehead atoms. The van der Waals surface area contributed by atoms with E-state index in [1.807, 2.05) is 6.92 Å². The highest BCUT2D eigenvalue weighted by Crippen LogP contribution is 2.27. The molecule has 116 valence electrons. The maximum Gasteiger partial charge on any atom is 0.146 e. The molecule has 0 aliphatic carbocycles. The van der Waals surface area contributed by atoms with Crippen molar-refractivity contribution in [1.29, 1.82) is 0 Å². The Morgan fingerprint density at radius 2 is 1.90 bits per heavy atom. The number of hydrogen-bond acceptors (Lipinski definition) is 4. The summed E-state index contributed by atoms with van der Waals surface area (Å²) in [5.41, 5.74) is 9.38. The van der Waals surface area contributed by atoms with Crippen LogP contribution in [-0.4, -0.2) is 27.7 Å². The Labute approximate surface area is 126 Å². The van der Waals surface area contributed by atoms with Crippen molar-refractivity contribution < 1.29 is 4.74 Å². The van der Waals surface area contributed by atoms with Crippen LogP contribution in [0.25, 0.3) is 11.0 Å². The first kappa shape index (κ1) is 15.8. The largest absolute Gasteiger partial charge is 0.383 e. The van der Waals surface area contributed by atoms with Crippen molar-refractivity contribution in [2.45, 2.75) is 47.6 Å². The number of nitrogens with two attached hydrogens (primary N) is 1. The third-order valence-corrected chi connectivity index (χ3v) is 3.73. The second kappa shape index (κ2) is 6.43. The van der Waals surface area contributed by atoms with Gasteiger partial charge in [-0.2, -0.15) is 0 Å². The van der Waals surface area contributed by atoms with Gasteiger partial charge in [0.25, 0.3) is 0 Å². The first-order valence-electron chi connectivity index (χ1n) is 7.59. The lowest BCUT2D eigenvalue weighted by molar-refractivity contribution is 0.105. The van der Waals surface area contributed by atoms with Crippen molar-refractivity contribution in [1.82, 2.24) is 14.5 Å². The van der Waals surface area contributed by atoms with Crippen LogP contribution in [0.1, 0.15) is 37.4 Å². The molecule has 5 nitrogen and oxygen atoms in total. The van der Waals surface area contributed by atoms with E-state index in [-0.39, 0.29) is 0 Å². The molecule has 2 aromatic heterocycles. The van der Waals surface area contributed by atoms with Gasteiger partial charge in [-0.1, -0.05) is 13.8 Å². The van der Waals surface area contributed by atoms with Gasteiger partial charge in [0.2, 0.25) is 0 Å². The van der Waals surface area contributed by atoms with E-state index in [4.69, 9.17) is 10.5 Å². The third-order valence-electron chi connectivity index (χ3n) is 3.73. The van der Waals surface area contributed by atoms with Gasteiger partial charge in [-0.15, -0.1) is 0 Å². The van der Waals surface area contributed by atoms with Crippen LogP contribution in [-0.2, 0) is 11.3 Å². The highest BCUT2D eigenvalue weighted by atomic mass is 16.5. The molecule has 0 aromatic carbocycles. The summed E-state index contributed by atoms with van der Waals surface area (Å²) in [7, 11) is 0. The maximum absolute atomic E-state index is 6.06. The van der Waals surface area contributed by atoms with Gasteiger partial charge in [0.15, 0.2) is 0 Å². The fraction of sp³-hybridized carbons (Fsp3) is 0.625. The Morgan fingerprint density at radius 1 is 1.19 bits per heavy atom. The molecular weight excluding hydrogens is 264 g/mol. The second-order valence-electron chi connectivity index (χ2n) is 6.04. The summed E-state index contributed by atoms with van der Waals surface area (Å²) in [6, 6.07) is 0. The number of rotatable bonds is 6. The number of hydrogen-bond donors (Lipinski definition) is 1. The Kier molecular flexibility index (Phi) is 4.83. The number of fused-ring (bicyclic) bond motifs is 1. The first-order valence-corrected chi connectivity index (χ1v) is 7.59. The fourth-order valence-corrected chi connectivity index (χ4v) is 2.59. The smallest absolute Gasteiger partial charge is 0.146 e. The van der Waals surface area contributed by atoms with Crippen LogP contribution in [0.2, 0.25) is 0 Å². The maximum atomic E-state index is 6.06. The van der Waals surface area contributed by atoms with Crippen LogP contribution < -0.4 is 5.73 Å². The van der Waals surface area contributed by atoms with E-state index in [1.165, 1.54) is 11.3 Å². The van der Waals surface area contributed by atoms with E-state index in [0.717, 1.165) is 43.0 Å². The number of aromatic nitrogens is 3. The average Bonchev–Trinajstić information content (AvgIpc) is 2.62. The predicted molar refractivity (Wildman–Crippen MR) is 86.4 cm³/mol.